The summed E-state index contributed by atoms with van der Waals surface area (Å²) in [6.45, 7) is 1.18. The molecule has 33 heavy (non-hydrogen) atoms. The zero-order valence-corrected chi connectivity index (χ0v) is 19.2. The maximum absolute atomic E-state index is 13.1. The lowest BCUT2D eigenvalue weighted by Gasteiger charge is -2.27. The summed E-state index contributed by atoms with van der Waals surface area (Å²) in [7, 11) is -2.40. The van der Waals surface area contributed by atoms with Gasteiger partial charge in [-0.1, -0.05) is 18.2 Å². The standard InChI is InChI=1S/C23H27N3O6S/c1-31-20-8-7-18(15-21(20)33(29,30)26-10-12-32-13-11-26)24-22(27)9-6-17-14-16-4-2-3-5-19(16)25-23(17)28/h2-5,7-8,15,17H,6,9-14H2,1H3,(H,24,27)(H,25,28). The van der Waals surface area contributed by atoms with Crippen LogP contribution in [0.15, 0.2) is 47.4 Å². The molecule has 1 fully saturated rings. The molecule has 2 amide bonds. The number of rotatable bonds is 7. The summed E-state index contributed by atoms with van der Waals surface area (Å²) in [5, 5.41) is 5.63. The number of carbonyl (C=O) groups excluding carboxylic acids is 2. The molecule has 0 bridgehead atoms. The van der Waals surface area contributed by atoms with Crippen molar-refractivity contribution >= 4 is 33.2 Å². The minimum absolute atomic E-state index is 0.00651. The molecule has 2 N–H and O–H groups in total. The minimum Gasteiger partial charge on any atom is -0.495 e. The van der Waals surface area contributed by atoms with Crippen molar-refractivity contribution in [3.8, 4) is 5.75 Å². The van der Waals surface area contributed by atoms with Gasteiger partial charge < -0.3 is 20.1 Å². The van der Waals surface area contributed by atoms with Crippen LogP contribution in [0, 0.1) is 5.92 Å². The van der Waals surface area contributed by atoms with Gasteiger partial charge in [-0.25, -0.2) is 8.42 Å². The van der Waals surface area contributed by atoms with Gasteiger partial charge >= 0.3 is 0 Å². The van der Waals surface area contributed by atoms with Crippen molar-refractivity contribution in [1.29, 1.82) is 0 Å². The van der Waals surface area contributed by atoms with E-state index in [0.717, 1.165) is 11.3 Å². The van der Waals surface area contributed by atoms with Gasteiger partial charge in [-0.05, 0) is 42.7 Å². The second-order valence-electron chi connectivity index (χ2n) is 8.02. The van der Waals surface area contributed by atoms with E-state index < -0.39 is 10.0 Å². The first-order valence-electron chi connectivity index (χ1n) is 10.8. The second kappa shape index (κ2) is 9.90. The fraction of sp³-hybridized carbons (Fsp3) is 0.391. The molecule has 2 aliphatic heterocycles. The number of nitrogens with one attached hydrogen (secondary N) is 2. The Bertz CT molecular complexity index is 1140. The molecule has 1 unspecified atom stereocenters. The molecule has 2 aromatic carbocycles. The van der Waals surface area contributed by atoms with Crippen LogP contribution in [-0.2, 0) is 30.8 Å². The number of hydrogen-bond donors (Lipinski definition) is 2. The lowest BCUT2D eigenvalue weighted by atomic mass is 9.89. The highest BCUT2D eigenvalue weighted by atomic mass is 32.2. The van der Waals surface area contributed by atoms with Gasteiger partial charge in [-0.15, -0.1) is 0 Å². The molecule has 1 atom stereocenters. The van der Waals surface area contributed by atoms with Gasteiger partial charge in [0, 0.05) is 36.8 Å². The predicted octanol–water partition coefficient (Wildman–Crippen LogP) is 2.25. The quantitative estimate of drug-likeness (QED) is 0.638. The molecule has 0 aliphatic carbocycles. The number of methoxy groups -OCH3 is 1. The van der Waals surface area contributed by atoms with Gasteiger partial charge in [-0.3, -0.25) is 9.59 Å². The number of benzene rings is 2. The van der Waals surface area contributed by atoms with Gasteiger partial charge in [0.1, 0.15) is 10.6 Å². The molecule has 2 aliphatic rings. The van der Waals surface area contributed by atoms with Crippen LogP contribution in [0.5, 0.6) is 5.75 Å². The predicted molar refractivity (Wildman–Crippen MR) is 123 cm³/mol. The molecule has 10 heteroatoms. The van der Waals surface area contributed by atoms with Crippen LogP contribution in [0.2, 0.25) is 0 Å². The number of anilines is 2. The van der Waals surface area contributed by atoms with Crippen LogP contribution in [0.1, 0.15) is 18.4 Å². The SMILES string of the molecule is COc1ccc(NC(=O)CCC2Cc3ccccc3NC2=O)cc1S(=O)(=O)N1CCOCC1. The highest BCUT2D eigenvalue weighted by molar-refractivity contribution is 7.89. The lowest BCUT2D eigenvalue weighted by molar-refractivity contribution is -0.121. The topological polar surface area (TPSA) is 114 Å². The Morgan fingerprint density at radius 2 is 1.97 bits per heavy atom. The monoisotopic (exact) mass is 473 g/mol. The van der Waals surface area contributed by atoms with E-state index in [-0.39, 0.29) is 47.9 Å². The molecule has 1 saturated heterocycles. The van der Waals surface area contributed by atoms with Crippen LogP contribution >= 0.6 is 0 Å². The van der Waals surface area contributed by atoms with Crippen molar-refractivity contribution in [3.63, 3.8) is 0 Å². The van der Waals surface area contributed by atoms with Gasteiger partial charge in [-0.2, -0.15) is 4.31 Å². The average Bonchev–Trinajstić information content (AvgIpc) is 2.83. The lowest BCUT2D eigenvalue weighted by Crippen LogP contribution is -2.40. The van der Waals surface area contributed by atoms with Crippen molar-refractivity contribution in [2.24, 2.45) is 5.92 Å². The Morgan fingerprint density at radius 1 is 1.21 bits per heavy atom. The second-order valence-corrected chi connectivity index (χ2v) is 9.92. The molecule has 0 saturated carbocycles. The first-order chi connectivity index (χ1) is 15.9. The van der Waals surface area contributed by atoms with Crippen molar-refractivity contribution in [1.82, 2.24) is 4.31 Å². The van der Waals surface area contributed by atoms with Crippen LogP contribution in [0.25, 0.3) is 0 Å². The van der Waals surface area contributed by atoms with E-state index >= 15 is 0 Å². The van der Waals surface area contributed by atoms with Gasteiger partial charge in [0.15, 0.2) is 0 Å². The summed E-state index contributed by atoms with van der Waals surface area (Å²) in [4.78, 5) is 24.9. The number of sulfonamides is 1. The Hall–Kier alpha value is -2.95. The summed E-state index contributed by atoms with van der Waals surface area (Å²) in [5.41, 5.74) is 2.22. The van der Waals surface area contributed by atoms with E-state index in [0.29, 0.717) is 31.7 Å². The number of para-hydroxylation sites is 1. The third-order valence-electron chi connectivity index (χ3n) is 5.87. The van der Waals surface area contributed by atoms with Gasteiger partial charge in [0.05, 0.1) is 20.3 Å². The molecule has 0 spiro atoms. The molecule has 4 rings (SSSR count). The third kappa shape index (κ3) is 5.18. The van der Waals surface area contributed by atoms with Crippen molar-refractivity contribution in [3.05, 3.63) is 48.0 Å². The zero-order valence-electron chi connectivity index (χ0n) is 18.4. The Labute approximate surface area is 193 Å². The largest absolute Gasteiger partial charge is 0.495 e. The maximum Gasteiger partial charge on any atom is 0.246 e. The smallest absolute Gasteiger partial charge is 0.246 e. The number of ether oxygens (including phenoxy) is 2. The average molecular weight is 474 g/mol. The van der Waals surface area contributed by atoms with Gasteiger partial charge in [0.2, 0.25) is 21.8 Å². The Morgan fingerprint density at radius 3 is 2.73 bits per heavy atom. The number of fused-ring (bicyclic) bond motifs is 1. The normalized spacial score (nSPS) is 18.8. The van der Waals surface area contributed by atoms with Crippen molar-refractivity contribution in [2.75, 3.05) is 44.0 Å². The third-order valence-corrected chi connectivity index (χ3v) is 7.79. The van der Waals surface area contributed by atoms with Crippen LogP contribution in [-0.4, -0.2) is 58.0 Å². The molecule has 2 aromatic rings. The molecule has 0 radical (unpaired) electrons. The Balaban J connectivity index is 1.42. The Kier molecular flexibility index (Phi) is 6.96. The van der Waals surface area contributed by atoms with Crippen LogP contribution in [0.3, 0.4) is 0 Å². The first-order valence-corrected chi connectivity index (χ1v) is 12.3. The fourth-order valence-corrected chi connectivity index (χ4v) is 5.65. The first kappa shape index (κ1) is 23.2. The van der Waals surface area contributed by atoms with Gasteiger partial charge in [0.25, 0.3) is 0 Å². The van der Waals surface area contributed by atoms with E-state index in [1.54, 1.807) is 6.07 Å². The van der Waals surface area contributed by atoms with E-state index in [1.807, 2.05) is 24.3 Å². The summed E-state index contributed by atoms with van der Waals surface area (Å²) < 4.78 is 38.1. The van der Waals surface area contributed by atoms with Crippen LogP contribution < -0.4 is 15.4 Å². The molecule has 176 valence electrons. The maximum atomic E-state index is 13.1. The molecular weight excluding hydrogens is 446 g/mol. The summed E-state index contributed by atoms with van der Waals surface area (Å²) in [5.74, 6) is -0.470. The van der Waals surface area contributed by atoms with Crippen LogP contribution in [0.4, 0.5) is 11.4 Å². The van der Waals surface area contributed by atoms with E-state index in [9.17, 15) is 18.0 Å². The summed E-state index contributed by atoms with van der Waals surface area (Å²) in [6.07, 6.45) is 1.11. The van der Waals surface area contributed by atoms with E-state index in [1.165, 1.54) is 23.5 Å². The summed E-state index contributed by atoms with van der Waals surface area (Å²) >= 11 is 0. The number of morpholine rings is 1. The van der Waals surface area contributed by atoms with Crippen molar-refractivity contribution < 1.29 is 27.5 Å². The van der Waals surface area contributed by atoms with Crippen molar-refractivity contribution in [2.45, 2.75) is 24.2 Å². The molecule has 9 nitrogen and oxygen atoms in total. The number of carbonyl (C=O) groups is 2. The number of nitrogens with zero attached hydrogens (tertiary/aromatic N) is 1. The number of hydrogen-bond acceptors (Lipinski definition) is 6. The molecule has 0 aromatic heterocycles. The highest BCUT2D eigenvalue weighted by Gasteiger charge is 2.30. The zero-order chi connectivity index (χ0) is 23.4. The molecule has 2 heterocycles. The summed E-state index contributed by atoms with van der Waals surface area (Å²) in [6, 6.07) is 12.2. The fourth-order valence-electron chi connectivity index (χ4n) is 4.06. The molecular formula is C23H27N3O6S. The van der Waals surface area contributed by atoms with E-state index in [4.69, 9.17) is 9.47 Å². The number of amides is 2. The highest BCUT2D eigenvalue weighted by Crippen LogP contribution is 2.31. The minimum atomic E-state index is -3.80. The van der Waals surface area contributed by atoms with E-state index in [2.05, 4.69) is 10.6 Å².